The van der Waals surface area contributed by atoms with Gasteiger partial charge in [-0.15, -0.1) is 10.2 Å². The minimum atomic E-state index is -0.0783. The van der Waals surface area contributed by atoms with Gasteiger partial charge in [0.1, 0.15) is 12.4 Å². The third-order valence-corrected chi connectivity index (χ3v) is 6.54. The number of anilines is 1. The highest BCUT2D eigenvalue weighted by Gasteiger charge is 2.16. The van der Waals surface area contributed by atoms with E-state index in [0.29, 0.717) is 17.5 Å². The summed E-state index contributed by atoms with van der Waals surface area (Å²) in [5.41, 5.74) is 5.36. The van der Waals surface area contributed by atoms with E-state index in [-0.39, 0.29) is 18.3 Å². The lowest BCUT2D eigenvalue weighted by Gasteiger charge is -2.12. The van der Waals surface area contributed by atoms with Crippen LogP contribution in [0.2, 0.25) is 0 Å². The number of ether oxygens (including phenoxy) is 1. The second-order valence-corrected chi connectivity index (χ2v) is 9.10. The van der Waals surface area contributed by atoms with Crippen molar-refractivity contribution in [2.75, 3.05) is 11.1 Å². The lowest BCUT2D eigenvalue weighted by atomic mass is 10.1. The van der Waals surface area contributed by atoms with Gasteiger partial charge in [0.25, 0.3) is 0 Å². The Hall–Kier alpha value is -3.58. The second-order valence-electron chi connectivity index (χ2n) is 8.16. The van der Waals surface area contributed by atoms with Gasteiger partial charge in [-0.3, -0.25) is 9.36 Å². The Bertz CT molecular complexity index is 1250. The molecule has 1 aromatic heterocycles. The van der Waals surface area contributed by atoms with E-state index in [1.54, 1.807) is 0 Å². The molecule has 0 radical (unpaired) electrons. The molecule has 0 unspecified atom stereocenters. The number of amides is 1. The van der Waals surface area contributed by atoms with Crippen LogP contribution in [-0.4, -0.2) is 26.4 Å². The highest BCUT2D eigenvalue weighted by atomic mass is 32.2. The standard InChI is InChI=1S/C27H28N4O2S/c1-19-12-14-23(15-13-19)33-17-25-29-30-27(31(25)16-22-9-5-4-6-10-22)34-18-26(32)28-24-11-7-8-20(2)21(24)3/h4-15H,16-18H2,1-3H3,(H,28,32). The van der Waals surface area contributed by atoms with Crippen LogP contribution >= 0.6 is 11.8 Å². The van der Waals surface area contributed by atoms with Crippen molar-refractivity contribution in [2.24, 2.45) is 0 Å². The molecule has 0 saturated carbocycles. The number of nitrogens with zero attached hydrogens (tertiary/aromatic N) is 3. The largest absolute Gasteiger partial charge is 0.486 e. The Morgan fingerprint density at radius 1 is 0.941 bits per heavy atom. The van der Waals surface area contributed by atoms with E-state index in [1.165, 1.54) is 17.3 Å². The fourth-order valence-electron chi connectivity index (χ4n) is 3.44. The van der Waals surface area contributed by atoms with Gasteiger partial charge in [-0.25, -0.2) is 0 Å². The number of nitrogens with one attached hydrogen (secondary N) is 1. The predicted molar refractivity (Wildman–Crippen MR) is 136 cm³/mol. The van der Waals surface area contributed by atoms with Crippen LogP contribution in [0.4, 0.5) is 5.69 Å². The zero-order chi connectivity index (χ0) is 23.9. The van der Waals surface area contributed by atoms with Gasteiger partial charge in [-0.05, 0) is 55.7 Å². The van der Waals surface area contributed by atoms with Gasteiger partial charge in [-0.2, -0.15) is 0 Å². The summed E-state index contributed by atoms with van der Waals surface area (Å²) >= 11 is 1.37. The lowest BCUT2D eigenvalue weighted by molar-refractivity contribution is -0.113. The predicted octanol–water partition coefficient (Wildman–Crippen LogP) is 5.56. The molecule has 1 heterocycles. The van der Waals surface area contributed by atoms with Gasteiger partial charge in [0.05, 0.1) is 12.3 Å². The van der Waals surface area contributed by atoms with E-state index in [4.69, 9.17) is 4.74 Å². The fourth-order valence-corrected chi connectivity index (χ4v) is 4.20. The summed E-state index contributed by atoms with van der Waals surface area (Å²) in [5.74, 6) is 1.65. The molecule has 0 bridgehead atoms. The first-order valence-corrected chi connectivity index (χ1v) is 12.1. The summed E-state index contributed by atoms with van der Waals surface area (Å²) < 4.78 is 7.97. The normalized spacial score (nSPS) is 10.8. The van der Waals surface area contributed by atoms with Crippen molar-refractivity contribution < 1.29 is 9.53 Å². The molecule has 1 amide bonds. The van der Waals surface area contributed by atoms with E-state index >= 15 is 0 Å². The SMILES string of the molecule is Cc1ccc(OCc2nnc(SCC(=O)Nc3cccc(C)c3C)n2Cc2ccccc2)cc1. The first-order chi connectivity index (χ1) is 16.5. The topological polar surface area (TPSA) is 69.0 Å². The van der Waals surface area contributed by atoms with Gasteiger partial charge in [0, 0.05) is 5.69 Å². The number of hydrogen-bond donors (Lipinski definition) is 1. The molecule has 4 aromatic rings. The zero-order valence-electron chi connectivity index (χ0n) is 19.6. The van der Waals surface area contributed by atoms with E-state index in [1.807, 2.05) is 86.0 Å². The molecule has 6 nitrogen and oxygen atoms in total. The van der Waals surface area contributed by atoms with Crippen molar-refractivity contribution >= 4 is 23.4 Å². The molecular formula is C27H28N4O2S. The maximum absolute atomic E-state index is 12.6. The molecule has 0 aliphatic heterocycles. The first-order valence-electron chi connectivity index (χ1n) is 11.1. The van der Waals surface area contributed by atoms with Crippen molar-refractivity contribution in [1.82, 2.24) is 14.8 Å². The minimum Gasteiger partial charge on any atom is -0.486 e. The molecule has 0 aliphatic carbocycles. The van der Waals surface area contributed by atoms with E-state index in [2.05, 4.69) is 27.6 Å². The van der Waals surface area contributed by atoms with Crippen molar-refractivity contribution in [3.63, 3.8) is 0 Å². The fraction of sp³-hybridized carbons (Fsp3) is 0.222. The number of hydrogen-bond acceptors (Lipinski definition) is 5. The van der Waals surface area contributed by atoms with Crippen LogP contribution in [0.25, 0.3) is 0 Å². The minimum absolute atomic E-state index is 0.0783. The third kappa shape index (κ3) is 6.05. The molecule has 0 spiro atoms. The smallest absolute Gasteiger partial charge is 0.234 e. The van der Waals surface area contributed by atoms with Gasteiger partial charge in [-0.1, -0.05) is 71.9 Å². The number of aryl methyl sites for hydroxylation is 2. The second kappa shape index (κ2) is 11.0. The van der Waals surface area contributed by atoms with Crippen LogP contribution in [-0.2, 0) is 17.9 Å². The van der Waals surface area contributed by atoms with E-state index < -0.39 is 0 Å². The van der Waals surface area contributed by atoms with E-state index in [0.717, 1.165) is 28.1 Å². The van der Waals surface area contributed by atoms with Crippen molar-refractivity contribution in [3.05, 3.63) is 101 Å². The van der Waals surface area contributed by atoms with Crippen LogP contribution in [0.1, 0.15) is 28.1 Å². The summed E-state index contributed by atoms with van der Waals surface area (Å²) in [7, 11) is 0. The number of carbonyl (C=O) groups is 1. The molecule has 4 rings (SSSR count). The molecule has 0 aliphatic rings. The summed E-state index contributed by atoms with van der Waals surface area (Å²) in [6.07, 6.45) is 0. The van der Waals surface area contributed by atoms with Gasteiger partial charge in [0.15, 0.2) is 11.0 Å². The quantitative estimate of drug-likeness (QED) is 0.323. The highest BCUT2D eigenvalue weighted by molar-refractivity contribution is 7.99. The van der Waals surface area contributed by atoms with Gasteiger partial charge < -0.3 is 10.1 Å². The molecule has 0 saturated heterocycles. The molecule has 1 N–H and O–H groups in total. The van der Waals surface area contributed by atoms with Gasteiger partial charge in [0.2, 0.25) is 5.91 Å². The average molecular weight is 473 g/mol. The number of carbonyl (C=O) groups excluding carboxylic acids is 1. The van der Waals surface area contributed by atoms with Crippen molar-refractivity contribution in [3.8, 4) is 5.75 Å². The highest BCUT2D eigenvalue weighted by Crippen LogP contribution is 2.22. The Kier molecular flexibility index (Phi) is 7.65. The maximum Gasteiger partial charge on any atom is 0.234 e. The van der Waals surface area contributed by atoms with Gasteiger partial charge >= 0.3 is 0 Å². The number of aromatic nitrogens is 3. The van der Waals surface area contributed by atoms with Crippen LogP contribution in [0.3, 0.4) is 0 Å². The number of rotatable bonds is 9. The van der Waals surface area contributed by atoms with Crippen LogP contribution in [0.15, 0.2) is 78.0 Å². The monoisotopic (exact) mass is 472 g/mol. The maximum atomic E-state index is 12.6. The number of benzene rings is 3. The number of thioether (sulfide) groups is 1. The first kappa shape index (κ1) is 23.6. The molecule has 34 heavy (non-hydrogen) atoms. The molecule has 0 fully saturated rings. The third-order valence-electron chi connectivity index (χ3n) is 5.58. The Morgan fingerprint density at radius 3 is 2.47 bits per heavy atom. The van der Waals surface area contributed by atoms with Crippen molar-refractivity contribution in [2.45, 2.75) is 39.1 Å². The summed E-state index contributed by atoms with van der Waals surface area (Å²) in [6.45, 7) is 6.97. The Labute approximate surface area is 204 Å². The molecule has 7 heteroatoms. The van der Waals surface area contributed by atoms with Crippen LogP contribution in [0.5, 0.6) is 5.75 Å². The van der Waals surface area contributed by atoms with Crippen LogP contribution < -0.4 is 10.1 Å². The average Bonchev–Trinajstić information content (AvgIpc) is 3.22. The summed E-state index contributed by atoms with van der Waals surface area (Å²) in [5, 5.41) is 12.4. The molecule has 0 atom stereocenters. The van der Waals surface area contributed by atoms with E-state index in [9.17, 15) is 4.79 Å². The lowest BCUT2D eigenvalue weighted by Crippen LogP contribution is -2.16. The molecule has 174 valence electrons. The van der Waals surface area contributed by atoms with Crippen LogP contribution in [0, 0.1) is 20.8 Å². The summed E-state index contributed by atoms with van der Waals surface area (Å²) in [6, 6.07) is 23.9. The van der Waals surface area contributed by atoms with Crippen molar-refractivity contribution in [1.29, 1.82) is 0 Å². The molecule has 3 aromatic carbocycles. The summed E-state index contributed by atoms with van der Waals surface area (Å²) in [4.78, 5) is 12.6. The zero-order valence-corrected chi connectivity index (χ0v) is 20.4. The molecular weight excluding hydrogens is 444 g/mol. The Morgan fingerprint density at radius 2 is 1.71 bits per heavy atom. The Balaban J connectivity index is 1.47.